The van der Waals surface area contributed by atoms with Crippen molar-refractivity contribution in [1.82, 2.24) is 9.78 Å². The molecule has 1 aromatic heterocycles. The van der Waals surface area contributed by atoms with Gasteiger partial charge in [-0.2, -0.15) is 5.10 Å². The van der Waals surface area contributed by atoms with Crippen molar-refractivity contribution >= 4 is 28.2 Å². The molecule has 3 rings (SSSR count). The van der Waals surface area contributed by atoms with Crippen LogP contribution in [0.1, 0.15) is 19.0 Å². The van der Waals surface area contributed by atoms with E-state index in [-0.39, 0.29) is 0 Å². The van der Waals surface area contributed by atoms with Crippen LogP contribution in [0.5, 0.6) is 0 Å². The minimum Gasteiger partial charge on any atom is -0.395 e. The quantitative estimate of drug-likeness (QED) is 0.771. The fourth-order valence-electron chi connectivity index (χ4n) is 2.39. The maximum atomic E-state index is 6.19. The molecule has 2 N–H and O–H groups in total. The number of nitrogen functional groups attached to an aromatic ring is 1. The minimum atomic E-state index is 0.793. The molecule has 3 aromatic rings. The molecule has 0 aliphatic heterocycles. The van der Waals surface area contributed by atoms with E-state index in [1.165, 1.54) is 15.7 Å². The molecule has 3 nitrogen and oxygen atoms in total. The molecule has 0 saturated heterocycles. The van der Waals surface area contributed by atoms with Crippen LogP contribution < -0.4 is 5.73 Å². The van der Waals surface area contributed by atoms with Gasteiger partial charge in [0.05, 0.1) is 11.4 Å². The smallest absolute Gasteiger partial charge is 0.122 e. The number of aromatic nitrogens is 2. The second-order valence-electron chi connectivity index (χ2n) is 5.14. The van der Waals surface area contributed by atoms with Crippen molar-refractivity contribution in [2.24, 2.45) is 0 Å². The number of fused-ring (bicyclic) bond motifs is 1. The molecule has 0 aliphatic rings. The monoisotopic (exact) mass is 297 g/mol. The molecule has 0 bridgehead atoms. The zero-order chi connectivity index (χ0) is 14.8. The van der Waals surface area contributed by atoms with Crippen molar-refractivity contribution < 1.29 is 0 Å². The van der Waals surface area contributed by atoms with E-state index in [1.54, 1.807) is 11.8 Å². The van der Waals surface area contributed by atoms with E-state index in [1.807, 2.05) is 11.6 Å². The van der Waals surface area contributed by atoms with E-state index < -0.39 is 0 Å². The lowest BCUT2D eigenvalue weighted by Gasteiger charge is -2.07. The normalized spacial score (nSPS) is 11.1. The number of nitrogens with zero attached hydrogens (tertiary/aromatic N) is 2. The fourth-order valence-corrected chi connectivity index (χ4v) is 3.43. The van der Waals surface area contributed by atoms with E-state index in [9.17, 15) is 0 Å². The first-order chi connectivity index (χ1) is 10.2. The summed E-state index contributed by atoms with van der Waals surface area (Å²) >= 11 is 1.69. The summed E-state index contributed by atoms with van der Waals surface area (Å²) in [4.78, 5) is 1.19. The first-order valence-electron chi connectivity index (χ1n) is 7.18. The van der Waals surface area contributed by atoms with Gasteiger partial charge in [-0.25, -0.2) is 0 Å². The topological polar surface area (TPSA) is 43.8 Å². The number of anilines is 1. The highest BCUT2D eigenvalue weighted by molar-refractivity contribution is 7.99. The summed E-state index contributed by atoms with van der Waals surface area (Å²) in [5.74, 6) is 0. The van der Waals surface area contributed by atoms with Gasteiger partial charge in [-0.05, 0) is 36.2 Å². The van der Waals surface area contributed by atoms with Crippen LogP contribution in [0.25, 0.3) is 10.8 Å². The Balaban J connectivity index is 1.98. The van der Waals surface area contributed by atoms with Gasteiger partial charge in [0.15, 0.2) is 0 Å². The van der Waals surface area contributed by atoms with E-state index in [0.717, 1.165) is 29.4 Å². The third-order valence-electron chi connectivity index (χ3n) is 3.50. The van der Waals surface area contributed by atoms with Gasteiger partial charge < -0.3 is 5.73 Å². The predicted octanol–water partition coefficient (Wildman–Crippen LogP) is 4.49. The van der Waals surface area contributed by atoms with Gasteiger partial charge in [0.2, 0.25) is 0 Å². The molecule has 0 spiro atoms. The third-order valence-corrected chi connectivity index (χ3v) is 4.61. The Hall–Kier alpha value is -1.94. The highest BCUT2D eigenvalue weighted by atomic mass is 32.2. The summed E-state index contributed by atoms with van der Waals surface area (Å²) in [5, 5.41) is 8.08. The van der Waals surface area contributed by atoms with E-state index in [0.29, 0.717) is 0 Å². The average molecular weight is 297 g/mol. The Kier molecular flexibility index (Phi) is 3.88. The standard InChI is InChI=1S/C17H19N3S/c1-3-10-20-17(16(18)12(2)19-20)21-15-9-8-13-6-4-5-7-14(13)11-15/h4-9,11H,3,10,18H2,1-2H3. The summed E-state index contributed by atoms with van der Waals surface area (Å²) in [6.45, 7) is 5.01. The lowest BCUT2D eigenvalue weighted by molar-refractivity contribution is 0.556. The van der Waals surface area contributed by atoms with Crippen molar-refractivity contribution in [3.8, 4) is 0 Å². The minimum absolute atomic E-state index is 0.793. The zero-order valence-corrected chi connectivity index (χ0v) is 13.2. The van der Waals surface area contributed by atoms with Crippen LogP contribution in [-0.2, 0) is 6.54 Å². The lowest BCUT2D eigenvalue weighted by atomic mass is 10.1. The number of nitrogens with two attached hydrogens (primary N) is 1. The molecule has 0 radical (unpaired) electrons. The van der Waals surface area contributed by atoms with Crippen LogP contribution in [0, 0.1) is 6.92 Å². The van der Waals surface area contributed by atoms with Crippen molar-refractivity contribution in [3.05, 3.63) is 48.2 Å². The molecule has 0 saturated carbocycles. The SMILES string of the molecule is CCCn1nc(C)c(N)c1Sc1ccc2ccccc2c1. The molecule has 0 fully saturated rings. The molecule has 0 unspecified atom stereocenters. The van der Waals surface area contributed by atoms with Crippen LogP contribution in [-0.4, -0.2) is 9.78 Å². The molecule has 2 aromatic carbocycles. The van der Waals surface area contributed by atoms with Gasteiger partial charge in [-0.1, -0.05) is 49.0 Å². The molecule has 21 heavy (non-hydrogen) atoms. The molecule has 108 valence electrons. The third kappa shape index (κ3) is 2.76. The molecule has 0 atom stereocenters. The highest BCUT2D eigenvalue weighted by Crippen LogP contribution is 2.35. The van der Waals surface area contributed by atoms with Gasteiger partial charge in [0.25, 0.3) is 0 Å². The Bertz CT molecular complexity index is 777. The zero-order valence-electron chi connectivity index (χ0n) is 12.3. The van der Waals surface area contributed by atoms with E-state index >= 15 is 0 Å². The molecule has 1 heterocycles. The van der Waals surface area contributed by atoms with Crippen molar-refractivity contribution in [2.45, 2.75) is 36.7 Å². The average Bonchev–Trinajstić information content (AvgIpc) is 2.75. The van der Waals surface area contributed by atoms with E-state index in [2.05, 4.69) is 54.5 Å². The predicted molar refractivity (Wildman–Crippen MR) is 89.7 cm³/mol. The molecular weight excluding hydrogens is 278 g/mol. The first kappa shape index (κ1) is 14.0. The maximum absolute atomic E-state index is 6.19. The molecular formula is C17H19N3S. The van der Waals surface area contributed by atoms with Crippen molar-refractivity contribution in [1.29, 1.82) is 0 Å². The molecule has 0 aliphatic carbocycles. The van der Waals surface area contributed by atoms with Crippen LogP contribution in [0.15, 0.2) is 52.4 Å². The second kappa shape index (κ2) is 5.82. The summed E-state index contributed by atoms with van der Waals surface area (Å²) < 4.78 is 2.02. The van der Waals surface area contributed by atoms with Gasteiger partial charge >= 0.3 is 0 Å². The number of benzene rings is 2. The van der Waals surface area contributed by atoms with Crippen LogP contribution in [0.4, 0.5) is 5.69 Å². The molecule has 4 heteroatoms. The van der Waals surface area contributed by atoms with Gasteiger partial charge in [-0.15, -0.1) is 0 Å². The summed E-state index contributed by atoms with van der Waals surface area (Å²) in [6, 6.07) is 14.9. The van der Waals surface area contributed by atoms with E-state index in [4.69, 9.17) is 5.73 Å². The Labute approximate surface area is 129 Å². The Morgan fingerprint density at radius 1 is 1.14 bits per heavy atom. The number of hydrogen-bond donors (Lipinski definition) is 1. The Morgan fingerprint density at radius 2 is 1.90 bits per heavy atom. The van der Waals surface area contributed by atoms with Gasteiger partial charge in [0.1, 0.15) is 5.03 Å². The van der Waals surface area contributed by atoms with Crippen molar-refractivity contribution in [3.63, 3.8) is 0 Å². The maximum Gasteiger partial charge on any atom is 0.122 e. The lowest BCUT2D eigenvalue weighted by Crippen LogP contribution is -2.01. The largest absolute Gasteiger partial charge is 0.395 e. The summed E-state index contributed by atoms with van der Waals surface area (Å²) in [6.07, 6.45) is 1.05. The van der Waals surface area contributed by atoms with Crippen molar-refractivity contribution in [2.75, 3.05) is 5.73 Å². The fraction of sp³-hybridized carbons (Fsp3) is 0.235. The van der Waals surface area contributed by atoms with Crippen LogP contribution in [0.3, 0.4) is 0 Å². The first-order valence-corrected chi connectivity index (χ1v) is 8.00. The number of rotatable bonds is 4. The Morgan fingerprint density at radius 3 is 2.67 bits per heavy atom. The second-order valence-corrected chi connectivity index (χ2v) is 6.20. The molecule has 0 amide bonds. The van der Waals surface area contributed by atoms with Crippen LogP contribution in [0.2, 0.25) is 0 Å². The van der Waals surface area contributed by atoms with Gasteiger partial charge in [-0.3, -0.25) is 4.68 Å². The summed E-state index contributed by atoms with van der Waals surface area (Å²) in [5.41, 5.74) is 7.89. The number of aryl methyl sites for hydroxylation is 2. The summed E-state index contributed by atoms with van der Waals surface area (Å²) in [7, 11) is 0. The van der Waals surface area contributed by atoms with Gasteiger partial charge in [0, 0.05) is 11.4 Å². The number of hydrogen-bond acceptors (Lipinski definition) is 3. The van der Waals surface area contributed by atoms with Crippen LogP contribution >= 0.6 is 11.8 Å². The highest BCUT2D eigenvalue weighted by Gasteiger charge is 2.13.